The highest BCUT2D eigenvalue weighted by molar-refractivity contribution is 5.74. The highest BCUT2D eigenvalue weighted by Gasteiger charge is 2.54. The fourth-order valence-corrected chi connectivity index (χ4v) is 6.48. The molecule has 3 heteroatoms. The average molecular weight is 377 g/mol. The minimum Gasteiger partial charge on any atom is -0.342 e. The minimum atomic E-state index is 0.266. The lowest BCUT2D eigenvalue weighted by molar-refractivity contribution is -0.156. The highest BCUT2D eigenvalue weighted by Crippen LogP contribution is 2.51. The number of amides is 1. The van der Waals surface area contributed by atoms with Gasteiger partial charge < -0.3 is 9.80 Å². The zero-order chi connectivity index (χ0) is 19.6. The SMILES string of the molecule is CC.CC(=O)N1CC2(CC(N3CCC(C4CCC(C(C)C)CC4)CC3)C2)C1. The predicted molar refractivity (Wildman–Crippen MR) is 114 cm³/mol. The van der Waals surface area contributed by atoms with Crippen LogP contribution in [-0.2, 0) is 4.79 Å². The first-order valence-electron chi connectivity index (χ1n) is 12.0. The van der Waals surface area contributed by atoms with Gasteiger partial charge in [0.25, 0.3) is 0 Å². The maximum absolute atomic E-state index is 11.4. The van der Waals surface area contributed by atoms with E-state index in [1.54, 1.807) is 6.92 Å². The molecule has 2 aliphatic heterocycles. The van der Waals surface area contributed by atoms with Gasteiger partial charge in [0, 0.05) is 31.5 Å². The van der Waals surface area contributed by atoms with Crippen LogP contribution >= 0.6 is 0 Å². The minimum absolute atomic E-state index is 0.266. The van der Waals surface area contributed by atoms with Crippen LogP contribution < -0.4 is 0 Å². The monoisotopic (exact) mass is 376 g/mol. The van der Waals surface area contributed by atoms with E-state index in [4.69, 9.17) is 0 Å². The van der Waals surface area contributed by atoms with Crippen molar-refractivity contribution in [2.45, 2.75) is 92.0 Å². The summed E-state index contributed by atoms with van der Waals surface area (Å²) in [7, 11) is 0. The van der Waals surface area contributed by atoms with E-state index >= 15 is 0 Å². The Labute approximate surface area is 168 Å². The smallest absolute Gasteiger partial charge is 0.219 e. The molecular weight excluding hydrogens is 332 g/mol. The van der Waals surface area contributed by atoms with Crippen LogP contribution in [0.15, 0.2) is 0 Å². The summed E-state index contributed by atoms with van der Waals surface area (Å²) < 4.78 is 0. The van der Waals surface area contributed by atoms with E-state index in [2.05, 4.69) is 18.7 Å². The Morgan fingerprint density at radius 3 is 1.89 bits per heavy atom. The summed E-state index contributed by atoms with van der Waals surface area (Å²) in [6.07, 6.45) is 11.6. The van der Waals surface area contributed by atoms with Gasteiger partial charge in [0.2, 0.25) is 5.91 Å². The van der Waals surface area contributed by atoms with E-state index in [9.17, 15) is 4.79 Å². The third-order valence-electron chi connectivity index (χ3n) is 8.35. The van der Waals surface area contributed by atoms with Gasteiger partial charge in [-0.25, -0.2) is 0 Å². The van der Waals surface area contributed by atoms with Crippen molar-refractivity contribution < 1.29 is 4.79 Å². The Balaban J connectivity index is 0.00000102. The van der Waals surface area contributed by atoms with Gasteiger partial charge in [-0.2, -0.15) is 0 Å². The molecule has 4 aliphatic rings. The second kappa shape index (κ2) is 8.84. The van der Waals surface area contributed by atoms with Crippen LogP contribution in [0.2, 0.25) is 0 Å². The van der Waals surface area contributed by atoms with Gasteiger partial charge in [0.15, 0.2) is 0 Å². The molecule has 1 amide bonds. The fraction of sp³-hybridized carbons (Fsp3) is 0.958. The molecule has 0 atom stereocenters. The molecule has 0 bridgehead atoms. The zero-order valence-electron chi connectivity index (χ0n) is 18.7. The van der Waals surface area contributed by atoms with Gasteiger partial charge in [-0.05, 0) is 88.1 Å². The molecule has 0 N–H and O–H groups in total. The summed E-state index contributed by atoms with van der Waals surface area (Å²) in [6.45, 7) is 15.3. The van der Waals surface area contributed by atoms with E-state index in [0.717, 1.165) is 42.8 Å². The lowest BCUT2D eigenvalue weighted by Crippen LogP contribution is -2.67. The van der Waals surface area contributed by atoms with E-state index < -0.39 is 0 Å². The van der Waals surface area contributed by atoms with Gasteiger partial charge >= 0.3 is 0 Å². The van der Waals surface area contributed by atoms with Crippen molar-refractivity contribution in [1.29, 1.82) is 0 Å². The van der Waals surface area contributed by atoms with Gasteiger partial charge in [0.1, 0.15) is 0 Å². The van der Waals surface area contributed by atoms with Crippen LogP contribution in [0.25, 0.3) is 0 Å². The largest absolute Gasteiger partial charge is 0.342 e. The third-order valence-corrected chi connectivity index (χ3v) is 8.35. The molecule has 0 radical (unpaired) electrons. The highest BCUT2D eigenvalue weighted by atomic mass is 16.2. The number of carbonyl (C=O) groups is 1. The molecule has 3 nitrogen and oxygen atoms in total. The van der Waals surface area contributed by atoms with Crippen molar-refractivity contribution in [3.05, 3.63) is 0 Å². The Morgan fingerprint density at radius 2 is 1.41 bits per heavy atom. The van der Waals surface area contributed by atoms with Crippen molar-refractivity contribution in [3.63, 3.8) is 0 Å². The normalized spacial score (nSPS) is 31.9. The van der Waals surface area contributed by atoms with Crippen LogP contribution in [0.3, 0.4) is 0 Å². The molecular formula is C24H44N2O. The summed E-state index contributed by atoms with van der Waals surface area (Å²) >= 11 is 0. The van der Waals surface area contributed by atoms with Crippen LogP contribution in [0, 0.1) is 29.1 Å². The van der Waals surface area contributed by atoms with E-state index in [0.29, 0.717) is 5.41 Å². The first kappa shape index (κ1) is 21.1. The predicted octanol–water partition coefficient (Wildman–Crippen LogP) is 5.20. The molecule has 0 aromatic heterocycles. The van der Waals surface area contributed by atoms with Crippen molar-refractivity contribution in [2.24, 2.45) is 29.1 Å². The number of hydrogen-bond donors (Lipinski definition) is 0. The van der Waals surface area contributed by atoms with Crippen LogP contribution in [0.5, 0.6) is 0 Å². The first-order valence-corrected chi connectivity index (χ1v) is 12.0. The molecule has 2 aliphatic carbocycles. The summed E-state index contributed by atoms with van der Waals surface area (Å²) in [5.74, 6) is 4.19. The summed E-state index contributed by atoms with van der Waals surface area (Å²) in [5.41, 5.74) is 0.516. The lowest BCUT2D eigenvalue weighted by atomic mass is 9.60. The zero-order valence-corrected chi connectivity index (χ0v) is 18.7. The topological polar surface area (TPSA) is 23.6 Å². The molecule has 2 saturated carbocycles. The molecule has 2 heterocycles. The number of nitrogens with zero attached hydrogens (tertiary/aromatic N) is 2. The maximum Gasteiger partial charge on any atom is 0.219 e. The average Bonchev–Trinajstić information content (AvgIpc) is 2.61. The molecule has 1 spiro atoms. The number of hydrogen-bond acceptors (Lipinski definition) is 2. The van der Waals surface area contributed by atoms with Crippen LogP contribution in [-0.4, -0.2) is 47.9 Å². The number of rotatable bonds is 3. The summed E-state index contributed by atoms with van der Waals surface area (Å²) in [5, 5.41) is 0. The third kappa shape index (κ3) is 4.54. The van der Waals surface area contributed by atoms with Crippen molar-refractivity contribution >= 4 is 5.91 Å². The molecule has 0 unspecified atom stereocenters. The molecule has 4 rings (SSSR count). The maximum atomic E-state index is 11.4. The molecule has 0 aromatic carbocycles. The van der Waals surface area contributed by atoms with Crippen molar-refractivity contribution in [2.75, 3.05) is 26.2 Å². The Morgan fingerprint density at radius 1 is 0.889 bits per heavy atom. The van der Waals surface area contributed by atoms with Crippen molar-refractivity contribution in [1.82, 2.24) is 9.80 Å². The second-order valence-electron chi connectivity index (χ2n) is 10.2. The van der Waals surface area contributed by atoms with Gasteiger partial charge in [0.05, 0.1) is 0 Å². The quantitative estimate of drug-likeness (QED) is 0.676. The van der Waals surface area contributed by atoms with E-state index in [1.165, 1.54) is 64.5 Å². The molecule has 0 aromatic rings. The van der Waals surface area contributed by atoms with Crippen LogP contribution in [0.4, 0.5) is 0 Å². The van der Waals surface area contributed by atoms with Gasteiger partial charge in [-0.1, -0.05) is 27.7 Å². The number of carbonyl (C=O) groups excluding carboxylic acids is 1. The second-order valence-corrected chi connectivity index (χ2v) is 10.2. The summed E-state index contributed by atoms with van der Waals surface area (Å²) in [6, 6.07) is 0.826. The van der Waals surface area contributed by atoms with E-state index in [1.807, 2.05) is 18.7 Å². The molecule has 27 heavy (non-hydrogen) atoms. The Bertz CT molecular complexity index is 473. The van der Waals surface area contributed by atoms with Crippen molar-refractivity contribution in [3.8, 4) is 0 Å². The number of likely N-dealkylation sites (tertiary alicyclic amines) is 2. The number of piperidine rings is 1. The fourth-order valence-electron chi connectivity index (χ4n) is 6.48. The van der Waals surface area contributed by atoms with Gasteiger partial charge in [-0.3, -0.25) is 4.79 Å². The Hall–Kier alpha value is -0.570. The standard InChI is InChI=1S/C22H38N2O.C2H6/c1-16(2)18-4-6-19(7-5-18)20-8-10-23(11-9-20)21-12-22(13-21)14-24(15-22)17(3)25;1-2/h16,18-21H,4-15H2,1-3H3;1-2H3. The first-order chi connectivity index (χ1) is 13.0. The molecule has 156 valence electrons. The van der Waals surface area contributed by atoms with Gasteiger partial charge in [-0.15, -0.1) is 0 Å². The lowest BCUT2D eigenvalue weighted by Gasteiger charge is -2.61. The molecule has 4 fully saturated rings. The Kier molecular flexibility index (Phi) is 6.93. The molecule has 2 saturated heterocycles. The van der Waals surface area contributed by atoms with Crippen LogP contribution in [0.1, 0.15) is 86.0 Å². The van der Waals surface area contributed by atoms with E-state index in [-0.39, 0.29) is 5.91 Å². The summed E-state index contributed by atoms with van der Waals surface area (Å²) in [4.78, 5) is 16.2.